The molecule has 0 spiro atoms. The second-order valence-electron chi connectivity index (χ2n) is 6.68. The first-order valence-corrected chi connectivity index (χ1v) is 8.62. The lowest BCUT2D eigenvalue weighted by molar-refractivity contribution is -0.0445. The molecule has 3 atom stereocenters. The second kappa shape index (κ2) is 7.85. The van der Waals surface area contributed by atoms with E-state index in [4.69, 9.17) is 0 Å². The van der Waals surface area contributed by atoms with Gasteiger partial charge < -0.3 is 10.2 Å². The van der Waals surface area contributed by atoms with Gasteiger partial charge in [-0.3, -0.25) is 9.78 Å². The van der Waals surface area contributed by atoms with Crippen molar-refractivity contribution in [2.75, 3.05) is 0 Å². The first kappa shape index (κ1) is 17.7. The summed E-state index contributed by atoms with van der Waals surface area (Å²) in [5.41, 5.74) is 1.69. The van der Waals surface area contributed by atoms with Gasteiger partial charge in [0, 0.05) is 30.8 Å². The molecular formula is C20H22FNO3. The van der Waals surface area contributed by atoms with Crippen molar-refractivity contribution in [2.45, 2.75) is 44.3 Å². The summed E-state index contributed by atoms with van der Waals surface area (Å²) < 4.78 is 13.9. The average Bonchev–Trinajstić information content (AvgIpc) is 2.61. The van der Waals surface area contributed by atoms with Gasteiger partial charge in [-0.15, -0.1) is 0 Å². The van der Waals surface area contributed by atoms with E-state index in [1.165, 1.54) is 6.07 Å². The minimum Gasteiger partial charge on any atom is -0.390 e. The van der Waals surface area contributed by atoms with Crippen molar-refractivity contribution < 1.29 is 19.4 Å². The second-order valence-corrected chi connectivity index (χ2v) is 6.68. The number of hydrogen-bond acceptors (Lipinski definition) is 4. The minimum atomic E-state index is -0.866. The van der Waals surface area contributed by atoms with E-state index in [1.807, 2.05) is 0 Å². The molecule has 1 aromatic carbocycles. The van der Waals surface area contributed by atoms with Gasteiger partial charge in [-0.25, -0.2) is 4.39 Å². The molecule has 0 amide bonds. The molecule has 1 aliphatic rings. The molecule has 1 saturated carbocycles. The van der Waals surface area contributed by atoms with Crippen LogP contribution in [0.25, 0.3) is 0 Å². The Hall–Kier alpha value is -2.11. The van der Waals surface area contributed by atoms with Crippen LogP contribution < -0.4 is 0 Å². The molecule has 0 saturated heterocycles. The lowest BCUT2D eigenvalue weighted by Crippen LogP contribution is -2.38. The molecule has 0 aliphatic heterocycles. The number of nitrogens with zero attached hydrogens (tertiary/aromatic N) is 1. The molecule has 3 rings (SSSR count). The number of halogens is 1. The van der Waals surface area contributed by atoms with Crippen LogP contribution >= 0.6 is 0 Å². The summed E-state index contributed by atoms with van der Waals surface area (Å²) in [4.78, 5) is 16.8. The molecule has 0 radical (unpaired) electrons. The number of aromatic nitrogens is 1. The fraction of sp³-hybridized carbons (Fsp3) is 0.400. The maximum absolute atomic E-state index is 13.9. The maximum Gasteiger partial charge on any atom is 0.163 e. The Bertz CT molecular complexity index is 749. The molecule has 1 aliphatic carbocycles. The average molecular weight is 343 g/mol. The van der Waals surface area contributed by atoms with Crippen molar-refractivity contribution in [1.82, 2.24) is 4.98 Å². The molecular weight excluding hydrogens is 321 g/mol. The van der Waals surface area contributed by atoms with Crippen LogP contribution in [-0.2, 0) is 6.42 Å². The minimum absolute atomic E-state index is 0.105. The third kappa shape index (κ3) is 4.11. The van der Waals surface area contributed by atoms with Crippen LogP contribution in [0.1, 0.15) is 47.2 Å². The van der Waals surface area contributed by atoms with E-state index in [-0.39, 0.29) is 30.4 Å². The number of rotatable bonds is 5. The lowest BCUT2D eigenvalue weighted by atomic mass is 9.80. The van der Waals surface area contributed by atoms with Crippen LogP contribution in [0.5, 0.6) is 0 Å². The van der Waals surface area contributed by atoms with Crippen molar-refractivity contribution in [2.24, 2.45) is 5.92 Å². The molecule has 2 N–H and O–H groups in total. The number of ketones is 1. The summed E-state index contributed by atoms with van der Waals surface area (Å²) in [6, 6.07) is 8.12. The number of pyridine rings is 1. The van der Waals surface area contributed by atoms with E-state index < -0.39 is 12.2 Å². The standard InChI is InChI=1S/C20H22FNO3/c21-17-6-2-1-4-13(17)10-15-12-22-9-8-16(15)19(24)11-14-5-3-7-18(23)20(14)25/h1-2,4,6,8-9,12,14,18,20,23,25H,3,5,7,10-11H2/t14-,18+,20-/m0/s1. The first-order valence-electron chi connectivity index (χ1n) is 8.62. The normalized spacial score (nSPS) is 23.4. The zero-order valence-corrected chi connectivity index (χ0v) is 13.9. The van der Waals surface area contributed by atoms with Crippen LogP contribution in [0.2, 0.25) is 0 Å². The van der Waals surface area contributed by atoms with Crippen LogP contribution in [0, 0.1) is 11.7 Å². The maximum atomic E-state index is 13.9. The lowest BCUT2D eigenvalue weighted by Gasteiger charge is -2.31. The quantitative estimate of drug-likeness (QED) is 0.819. The smallest absolute Gasteiger partial charge is 0.163 e. The van der Waals surface area contributed by atoms with Gasteiger partial charge in [-0.1, -0.05) is 24.6 Å². The Labute approximate surface area is 146 Å². The van der Waals surface area contributed by atoms with Gasteiger partial charge in [0.1, 0.15) is 5.82 Å². The highest BCUT2D eigenvalue weighted by atomic mass is 19.1. The zero-order chi connectivity index (χ0) is 17.8. The Kier molecular flexibility index (Phi) is 5.56. The Morgan fingerprint density at radius 1 is 1.16 bits per heavy atom. The molecule has 2 aromatic rings. The largest absolute Gasteiger partial charge is 0.390 e. The van der Waals surface area contributed by atoms with Gasteiger partial charge in [0.2, 0.25) is 0 Å². The van der Waals surface area contributed by atoms with E-state index in [0.29, 0.717) is 23.1 Å². The number of benzene rings is 1. The predicted octanol–water partition coefficient (Wildman–Crippen LogP) is 2.91. The zero-order valence-electron chi connectivity index (χ0n) is 13.9. The summed E-state index contributed by atoms with van der Waals surface area (Å²) in [5, 5.41) is 19.9. The number of hydrogen-bond donors (Lipinski definition) is 2. The van der Waals surface area contributed by atoms with Gasteiger partial charge >= 0.3 is 0 Å². The van der Waals surface area contributed by atoms with Gasteiger partial charge in [-0.2, -0.15) is 0 Å². The molecule has 132 valence electrons. The molecule has 5 heteroatoms. The predicted molar refractivity (Wildman–Crippen MR) is 91.7 cm³/mol. The number of aliphatic hydroxyl groups is 2. The summed E-state index contributed by atoms with van der Waals surface area (Å²) >= 11 is 0. The summed E-state index contributed by atoms with van der Waals surface area (Å²) in [7, 11) is 0. The fourth-order valence-electron chi connectivity index (χ4n) is 3.50. The molecule has 1 heterocycles. The number of aliphatic hydroxyl groups excluding tert-OH is 2. The van der Waals surface area contributed by atoms with E-state index in [9.17, 15) is 19.4 Å². The van der Waals surface area contributed by atoms with Crippen molar-refractivity contribution in [3.63, 3.8) is 0 Å². The molecule has 25 heavy (non-hydrogen) atoms. The van der Waals surface area contributed by atoms with Gasteiger partial charge in [0.15, 0.2) is 5.78 Å². The van der Waals surface area contributed by atoms with Crippen LogP contribution in [-0.4, -0.2) is 33.2 Å². The van der Waals surface area contributed by atoms with Crippen molar-refractivity contribution in [3.8, 4) is 0 Å². The highest BCUT2D eigenvalue weighted by Gasteiger charge is 2.32. The highest BCUT2D eigenvalue weighted by Crippen LogP contribution is 2.29. The third-order valence-corrected chi connectivity index (χ3v) is 4.94. The third-order valence-electron chi connectivity index (χ3n) is 4.94. The summed E-state index contributed by atoms with van der Waals surface area (Å²) in [6.07, 6.45) is 4.06. The molecule has 4 nitrogen and oxygen atoms in total. The Morgan fingerprint density at radius 3 is 2.76 bits per heavy atom. The Morgan fingerprint density at radius 2 is 1.96 bits per heavy atom. The van der Waals surface area contributed by atoms with Gasteiger partial charge in [0.25, 0.3) is 0 Å². The van der Waals surface area contributed by atoms with Crippen molar-refractivity contribution >= 4 is 5.78 Å². The highest BCUT2D eigenvalue weighted by molar-refractivity contribution is 5.97. The van der Waals surface area contributed by atoms with Crippen LogP contribution in [0.3, 0.4) is 0 Å². The van der Waals surface area contributed by atoms with Crippen LogP contribution in [0.15, 0.2) is 42.7 Å². The fourth-order valence-corrected chi connectivity index (χ4v) is 3.50. The SMILES string of the molecule is O=C(C[C@@H]1CCC[C@@H](O)[C@H]1O)c1ccncc1Cc1ccccc1F. The van der Waals surface area contributed by atoms with E-state index >= 15 is 0 Å². The van der Waals surface area contributed by atoms with E-state index in [1.54, 1.807) is 36.7 Å². The first-order chi connectivity index (χ1) is 12.1. The molecule has 1 aromatic heterocycles. The number of carbonyl (C=O) groups excluding carboxylic acids is 1. The number of Topliss-reactive ketones (excluding diaryl/α,β-unsaturated/α-hetero) is 1. The molecule has 0 bridgehead atoms. The van der Waals surface area contributed by atoms with Gasteiger partial charge in [-0.05, 0) is 42.0 Å². The monoisotopic (exact) mass is 343 g/mol. The summed E-state index contributed by atoms with van der Waals surface area (Å²) in [6.45, 7) is 0. The van der Waals surface area contributed by atoms with Crippen molar-refractivity contribution in [3.05, 3.63) is 65.2 Å². The molecule has 0 unspecified atom stereocenters. The molecule has 1 fully saturated rings. The van der Waals surface area contributed by atoms with Crippen LogP contribution in [0.4, 0.5) is 4.39 Å². The Balaban J connectivity index is 1.78. The van der Waals surface area contributed by atoms with Crippen molar-refractivity contribution in [1.29, 1.82) is 0 Å². The van der Waals surface area contributed by atoms with E-state index in [0.717, 1.165) is 12.8 Å². The van der Waals surface area contributed by atoms with E-state index in [2.05, 4.69) is 4.98 Å². The summed E-state index contributed by atoms with van der Waals surface area (Å²) in [5.74, 6) is -0.659. The topological polar surface area (TPSA) is 70.4 Å². The number of carbonyl (C=O) groups is 1. The van der Waals surface area contributed by atoms with Gasteiger partial charge in [0.05, 0.1) is 12.2 Å².